The molecule has 0 atom stereocenters. The Labute approximate surface area is 108 Å². The third-order valence-corrected chi connectivity index (χ3v) is 3.32. The fourth-order valence-electron chi connectivity index (χ4n) is 2.34. The van der Waals surface area contributed by atoms with E-state index in [9.17, 15) is 4.79 Å². The Balaban J connectivity index is 1.90. The number of hydrogen-bond donors (Lipinski definition) is 2. The van der Waals surface area contributed by atoms with E-state index in [1.165, 1.54) is 5.56 Å². The second kappa shape index (κ2) is 6.24. The van der Waals surface area contributed by atoms with Crippen molar-refractivity contribution in [1.82, 2.24) is 5.32 Å². The zero-order valence-corrected chi connectivity index (χ0v) is 10.5. The molecule has 0 heterocycles. The number of benzene rings is 1. The van der Waals surface area contributed by atoms with Gasteiger partial charge in [-0.05, 0) is 37.7 Å². The number of aliphatic carboxylic acids is 1. The summed E-state index contributed by atoms with van der Waals surface area (Å²) in [6, 6.07) is 10.2. The molecule has 1 aromatic rings. The van der Waals surface area contributed by atoms with Gasteiger partial charge < -0.3 is 10.4 Å². The van der Waals surface area contributed by atoms with Crippen molar-refractivity contribution in [3.63, 3.8) is 0 Å². The van der Waals surface area contributed by atoms with E-state index in [-0.39, 0.29) is 0 Å². The molecule has 0 spiro atoms. The molecule has 0 unspecified atom stereocenters. The predicted molar refractivity (Wildman–Crippen MR) is 71.3 cm³/mol. The van der Waals surface area contributed by atoms with Crippen LogP contribution in [0.5, 0.6) is 0 Å². The maximum absolute atomic E-state index is 11.1. The van der Waals surface area contributed by atoms with Gasteiger partial charge in [-0.2, -0.15) is 0 Å². The van der Waals surface area contributed by atoms with Crippen LogP contribution in [0.4, 0.5) is 0 Å². The molecule has 96 valence electrons. The van der Waals surface area contributed by atoms with Gasteiger partial charge in [0, 0.05) is 12.2 Å². The van der Waals surface area contributed by atoms with E-state index in [4.69, 9.17) is 5.11 Å². The van der Waals surface area contributed by atoms with E-state index >= 15 is 0 Å². The Morgan fingerprint density at radius 2 is 1.89 bits per heavy atom. The molecule has 2 N–H and O–H groups in total. The van der Waals surface area contributed by atoms with Gasteiger partial charge in [0.2, 0.25) is 0 Å². The fourth-order valence-corrected chi connectivity index (χ4v) is 2.34. The number of carbonyl (C=O) groups is 1. The Morgan fingerprint density at radius 3 is 2.61 bits per heavy atom. The molecule has 0 fully saturated rings. The fraction of sp³-hybridized carbons (Fsp3) is 0.400. The topological polar surface area (TPSA) is 49.3 Å². The van der Waals surface area contributed by atoms with Gasteiger partial charge in [0.1, 0.15) is 0 Å². The quantitative estimate of drug-likeness (QED) is 0.838. The minimum atomic E-state index is -0.767. The molecule has 1 aliphatic carbocycles. The van der Waals surface area contributed by atoms with E-state index in [1.54, 1.807) is 0 Å². The standard InChI is InChI=1S/C15H19NO2/c17-15(18)13-8-4-5-9-14(13)16-11-10-12-6-2-1-3-7-12/h1-3,6-7,16H,4-5,8-11H2,(H,17,18). The molecule has 0 aliphatic heterocycles. The Bertz CT molecular complexity index is 437. The monoisotopic (exact) mass is 245 g/mol. The minimum absolute atomic E-state index is 0.578. The van der Waals surface area contributed by atoms with E-state index in [1.807, 2.05) is 18.2 Å². The zero-order chi connectivity index (χ0) is 12.8. The van der Waals surface area contributed by atoms with Crippen molar-refractivity contribution in [2.75, 3.05) is 6.54 Å². The third-order valence-electron chi connectivity index (χ3n) is 3.32. The van der Waals surface area contributed by atoms with Crippen molar-refractivity contribution in [3.8, 4) is 0 Å². The lowest BCUT2D eigenvalue weighted by Gasteiger charge is -2.19. The van der Waals surface area contributed by atoms with Crippen LogP contribution in [0.3, 0.4) is 0 Å². The highest BCUT2D eigenvalue weighted by molar-refractivity contribution is 5.87. The molecular formula is C15H19NO2. The van der Waals surface area contributed by atoms with Crippen LogP contribution in [0, 0.1) is 0 Å². The first-order valence-corrected chi connectivity index (χ1v) is 6.50. The van der Waals surface area contributed by atoms with Gasteiger partial charge in [0.25, 0.3) is 0 Å². The van der Waals surface area contributed by atoms with Crippen molar-refractivity contribution in [1.29, 1.82) is 0 Å². The molecule has 3 heteroatoms. The lowest BCUT2D eigenvalue weighted by molar-refractivity contribution is -0.133. The lowest BCUT2D eigenvalue weighted by Crippen LogP contribution is -2.23. The summed E-state index contributed by atoms with van der Waals surface area (Å²) < 4.78 is 0. The summed E-state index contributed by atoms with van der Waals surface area (Å²) in [7, 11) is 0. The van der Waals surface area contributed by atoms with Crippen LogP contribution in [-0.4, -0.2) is 17.6 Å². The van der Waals surface area contributed by atoms with E-state index in [0.29, 0.717) is 12.0 Å². The van der Waals surface area contributed by atoms with Gasteiger partial charge in [0.15, 0.2) is 0 Å². The average molecular weight is 245 g/mol. The van der Waals surface area contributed by atoms with Gasteiger partial charge in [-0.3, -0.25) is 0 Å². The molecule has 0 saturated heterocycles. The van der Waals surface area contributed by atoms with Crippen molar-refractivity contribution in [2.45, 2.75) is 32.1 Å². The van der Waals surface area contributed by atoms with Gasteiger partial charge in [-0.15, -0.1) is 0 Å². The van der Waals surface area contributed by atoms with Gasteiger partial charge in [-0.25, -0.2) is 4.79 Å². The molecular weight excluding hydrogens is 226 g/mol. The predicted octanol–water partition coefficient (Wildman–Crippen LogP) is 2.73. The first-order chi connectivity index (χ1) is 8.77. The largest absolute Gasteiger partial charge is 0.478 e. The number of carboxylic acid groups (broad SMARTS) is 1. The summed E-state index contributed by atoms with van der Waals surface area (Å²) >= 11 is 0. The van der Waals surface area contributed by atoms with Crippen molar-refractivity contribution >= 4 is 5.97 Å². The van der Waals surface area contributed by atoms with Crippen LogP contribution in [0.1, 0.15) is 31.2 Å². The first-order valence-electron chi connectivity index (χ1n) is 6.50. The van der Waals surface area contributed by atoms with Crippen LogP contribution < -0.4 is 5.32 Å². The molecule has 2 rings (SSSR count). The molecule has 0 aromatic heterocycles. The molecule has 0 amide bonds. The van der Waals surface area contributed by atoms with Crippen LogP contribution in [0.15, 0.2) is 41.6 Å². The second-order valence-electron chi connectivity index (χ2n) is 4.63. The molecule has 1 aromatic carbocycles. The zero-order valence-electron chi connectivity index (χ0n) is 10.5. The summed E-state index contributed by atoms with van der Waals surface area (Å²) in [6.07, 6.45) is 4.58. The summed E-state index contributed by atoms with van der Waals surface area (Å²) in [5.74, 6) is -0.767. The SMILES string of the molecule is O=C(O)C1=C(NCCc2ccccc2)CCCC1. The minimum Gasteiger partial charge on any atom is -0.478 e. The maximum Gasteiger partial charge on any atom is 0.333 e. The van der Waals surface area contributed by atoms with Crippen molar-refractivity contribution in [3.05, 3.63) is 47.2 Å². The molecule has 0 bridgehead atoms. The number of rotatable bonds is 5. The number of allylic oxidation sites excluding steroid dienone is 1. The Morgan fingerprint density at radius 1 is 1.17 bits per heavy atom. The first kappa shape index (κ1) is 12.7. The van der Waals surface area contributed by atoms with Crippen LogP contribution >= 0.6 is 0 Å². The Hall–Kier alpha value is -1.77. The maximum atomic E-state index is 11.1. The van der Waals surface area contributed by atoms with E-state index in [2.05, 4.69) is 17.4 Å². The molecule has 1 aliphatic rings. The normalized spacial score (nSPS) is 15.6. The smallest absolute Gasteiger partial charge is 0.333 e. The third kappa shape index (κ3) is 3.36. The second-order valence-corrected chi connectivity index (χ2v) is 4.63. The number of carboxylic acids is 1. The highest BCUT2D eigenvalue weighted by Gasteiger charge is 2.17. The summed E-state index contributed by atoms with van der Waals surface area (Å²) in [5, 5.41) is 12.4. The van der Waals surface area contributed by atoms with Gasteiger partial charge in [0.05, 0.1) is 5.57 Å². The van der Waals surface area contributed by atoms with Crippen molar-refractivity contribution in [2.24, 2.45) is 0 Å². The highest BCUT2D eigenvalue weighted by Crippen LogP contribution is 2.22. The van der Waals surface area contributed by atoms with E-state index in [0.717, 1.165) is 37.9 Å². The lowest BCUT2D eigenvalue weighted by atomic mass is 9.96. The van der Waals surface area contributed by atoms with Gasteiger partial charge >= 0.3 is 5.97 Å². The number of hydrogen-bond acceptors (Lipinski definition) is 2. The molecule has 0 saturated carbocycles. The summed E-state index contributed by atoms with van der Waals surface area (Å²) in [4.78, 5) is 11.1. The highest BCUT2D eigenvalue weighted by atomic mass is 16.4. The van der Waals surface area contributed by atoms with Gasteiger partial charge in [-0.1, -0.05) is 30.3 Å². The Kier molecular flexibility index (Phi) is 4.40. The average Bonchev–Trinajstić information content (AvgIpc) is 2.40. The van der Waals surface area contributed by atoms with E-state index < -0.39 is 5.97 Å². The summed E-state index contributed by atoms with van der Waals surface area (Å²) in [6.45, 7) is 0.802. The molecule has 0 radical (unpaired) electrons. The van der Waals surface area contributed by atoms with Crippen molar-refractivity contribution < 1.29 is 9.90 Å². The molecule has 3 nitrogen and oxygen atoms in total. The molecule has 18 heavy (non-hydrogen) atoms. The van der Waals surface area contributed by atoms with Crippen LogP contribution in [0.2, 0.25) is 0 Å². The van der Waals surface area contributed by atoms with Crippen LogP contribution in [0.25, 0.3) is 0 Å². The van der Waals surface area contributed by atoms with Crippen LogP contribution in [-0.2, 0) is 11.2 Å². The summed E-state index contributed by atoms with van der Waals surface area (Å²) in [5.41, 5.74) is 2.79. The number of nitrogens with one attached hydrogen (secondary N) is 1.